The van der Waals surface area contributed by atoms with E-state index in [4.69, 9.17) is 4.42 Å². The van der Waals surface area contributed by atoms with Gasteiger partial charge in [-0.3, -0.25) is 4.79 Å². The summed E-state index contributed by atoms with van der Waals surface area (Å²) in [7, 11) is 0. The van der Waals surface area contributed by atoms with Crippen molar-refractivity contribution in [3.8, 4) is 11.5 Å². The van der Waals surface area contributed by atoms with Crippen molar-refractivity contribution in [2.45, 2.75) is 32.1 Å². The average Bonchev–Trinajstić information content (AvgIpc) is 3.19. The number of rotatable bonds is 4. The van der Waals surface area contributed by atoms with Crippen molar-refractivity contribution in [2.24, 2.45) is 0 Å². The zero-order valence-electron chi connectivity index (χ0n) is 15.5. The highest BCUT2D eigenvalue weighted by atomic mass is 16.4. The number of aryl methyl sites for hydroxylation is 1. The molecule has 1 aromatic heterocycles. The minimum Gasteiger partial charge on any atom is -0.420 e. The molecule has 1 aliphatic heterocycles. The maximum absolute atomic E-state index is 12.7. The third kappa shape index (κ3) is 3.92. The Hall–Kier alpha value is -2.95. The van der Waals surface area contributed by atoms with Gasteiger partial charge < -0.3 is 9.32 Å². The molecule has 138 valence electrons. The van der Waals surface area contributed by atoms with Crippen molar-refractivity contribution >= 4 is 5.91 Å². The predicted molar refractivity (Wildman–Crippen MR) is 103 cm³/mol. The fraction of sp³-hybridized carbons (Fsp3) is 0.318. The van der Waals surface area contributed by atoms with Gasteiger partial charge in [0, 0.05) is 18.7 Å². The molecule has 3 aromatic rings. The van der Waals surface area contributed by atoms with Crippen LogP contribution in [0.3, 0.4) is 0 Å². The minimum absolute atomic E-state index is 0.101. The molecule has 1 amide bonds. The van der Waals surface area contributed by atoms with Crippen LogP contribution in [0.5, 0.6) is 0 Å². The molecule has 0 aliphatic carbocycles. The fourth-order valence-corrected chi connectivity index (χ4v) is 3.61. The fourth-order valence-electron chi connectivity index (χ4n) is 3.61. The number of piperidine rings is 1. The van der Waals surface area contributed by atoms with Crippen LogP contribution >= 0.6 is 0 Å². The molecule has 0 N–H and O–H groups in total. The Labute approximate surface area is 159 Å². The minimum atomic E-state index is 0.101. The lowest BCUT2D eigenvalue weighted by Gasteiger charge is -2.31. The SMILES string of the molecule is Cc1ccccc1-c1nnc([C@H]2CCCN(C(=O)Cc3ccccc3)C2)o1. The van der Waals surface area contributed by atoms with E-state index >= 15 is 0 Å². The largest absolute Gasteiger partial charge is 0.420 e. The van der Waals surface area contributed by atoms with E-state index in [2.05, 4.69) is 10.2 Å². The Balaban J connectivity index is 1.46. The smallest absolute Gasteiger partial charge is 0.248 e. The van der Waals surface area contributed by atoms with Crippen LogP contribution in [0.4, 0.5) is 0 Å². The Morgan fingerprint density at radius 1 is 1.11 bits per heavy atom. The monoisotopic (exact) mass is 361 g/mol. The first kappa shape index (κ1) is 17.5. The van der Waals surface area contributed by atoms with Crippen LogP contribution in [-0.4, -0.2) is 34.1 Å². The summed E-state index contributed by atoms with van der Waals surface area (Å²) in [5, 5.41) is 8.52. The molecule has 5 heteroatoms. The Bertz CT molecular complexity index is 920. The van der Waals surface area contributed by atoms with Crippen molar-refractivity contribution < 1.29 is 9.21 Å². The highest BCUT2D eigenvalue weighted by Gasteiger charge is 2.28. The van der Waals surface area contributed by atoms with Gasteiger partial charge in [0.05, 0.1) is 12.3 Å². The molecule has 0 radical (unpaired) electrons. The van der Waals surface area contributed by atoms with Crippen LogP contribution < -0.4 is 0 Å². The molecule has 1 aliphatic rings. The van der Waals surface area contributed by atoms with Gasteiger partial charge in [-0.25, -0.2) is 0 Å². The number of aromatic nitrogens is 2. The highest BCUT2D eigenvalue weighted by Crippen LogP contribution is 2.29. The predicted octanol–water partition coefficient (Wildman–Crippen LogP) is 3.99. The van der Waals surface area contributed by atoms with Crippen molar-refractivity contribution in [1.82, 2.24) is 15.1 Å². The molecule has 0 bridgehead atoms. The second kappa shape index (κ2) is 7.74. The second-order valence-electron chi connectivity index (χ2n) is 7.10. The molecule has 1 atom stereocenters. The standard InChI is InChI=1S/C22H23N3O2/c1-16-8-5-6-12-19(16)22-24-23-21(27-22)18-11-7-13-25(15-18)20(26)14-17-9-3-2-4-10-17/h2-6,8-10,12,18H,7,11,13-15H2,1H3/t18-/m0/s1. The molecule has 1 fully saturated rings. The number of hydrogen-bond acceptors (Lipinski definition) is 4. The van der Waals surface area contributed by atoms with Crippen LogP contribution in [0.25, 0.3) is 11.5 Å². The Morgan fingerprint density at radius 2 is 1.89 bits per heavy atom. The van der Waals surface area contributed by atoms with E-state index in [9.17, 15) is 4.79 Å². The second-order valence-corrected chi connectivity index (χ2v) is 7.10. The molecule has 2 aromatic carbocycles. The van der Waals surface area contributed by atoms with Crippen LogP contribution in [-0.2, 0) is 11.2 Å². The van der Waals surface area contributed by atoms with E-state index in [1.165, 1.54) is 0 Å². The molecule has 27 heavy (non-hydrogen) atoms. The number of benzene rings is 2. The van der Waals surface area contributed by atoms with Gasteiger partial charge in [-0.15, -0.1) is 10.2 Å². The molecule has 0 spiro atoms. The van der Waals surface area contributed by atoms with Crippen molar-refractivity contribution in [2.75, 3.05) is 13.1 Å². The van der Waals surface area contributed by atoms with E-state index < -0.39 is 0 Å². The maximum Gasteiger partial charge on any atom is 0.248 e. The van der Waals surface area contributed by atoms with E-state index in [0.29, 0.717) is 24.7 Å². The molecule has 0 unspecified atom stereocenters. The number of hydrogen-bond donors (Lipinski definition) is 0. The van der Waals surface area contributed by atoms with E-state index in [0.717, 1.165) is 36.1 Å². The lowest BCUT2D eigenvalue weighted by atomic mass is 9.97. The normalized spacial score (nSPS) is 17.1. The van der Waals surface area contributed by atoms with Gasteiger partial charge in [-0.05, 0) is 37.0 Å². The summed E-state index contributed by atoms with van der Waals surface area (Å²) in [5.74, 6) is 1.44. The molecule has 1 saturated heterocycles. The summed E-state index contributed by atoms with van der Waals surface area (Å²) in [6.45, 7) is 3.46. The lowest BCUT2D eigenvalue weighted by molar-refractivity contribution is -0.131. The summed E-state index contributed by atoms with van der Waals surface area (Å²) in [5.41, 5.74) is 3.12. The molecule has 0 saturated carbocycles. The number of amides is 1. The number of likely N-dealkylation sites (tertiary alicyclic amines) is 1. The Kier molecular flexibility index (Phi) is 5.01. The first-order valence-electron chi connectivity index (χ1n) is 9.42. The third-order valence-electron chi connectivity index (χ3n) is 5.14. The van der Waals surface area contributed by atoms with E-state index in [-0.39, 0.29) is 11.8 Å². The third-order valence-corrected chi connectivity index (χ3v) is 5.14. The summed E-state index contributed by atoms with van der Waals surface area (Å²) < 4.78 is 5.98. The number of carbonyl (C=O) groups is 1. The van der Waals surface area contributed by atoms with Gasteiger partial charge >= 0.3 is 0 Å². The van der Waals surface area contributed by atoms with Gasteiger partial charge in [0.25, 0.3) is 0 Å². The highest BCUT2D eigenvalue weighted by molar-refractivity contribution is 5.79. The number of nitrogens with zero attached hydrogens (tertiary/aromatic N) is 3. The quantitative estimate of drug-likeness (QED) is 0.705. The van der Waals surface area contributed by atoms with Gasteiger partial charge in [0.2, 0.25) is 17.7 Å². The van der Waals surface area contributed by atoms with Crippen molar-refractivity contribution in [3.63, 3.8) is 0 Å². The molecule has 5 nitrogen and oxygen atoms in total. The average molecular weight is 361 g/mol. The zero-order valence-corrected chi connectivity index (χ0v) is 15.5. The van der Waals surface area contributed by atoms with Gasteiger partial charge in [0.15, 0.2) is 0 Å². The first-order chi connectivity index (χ1) is 13.2. The summed E-state index contributed by atoms with van der Waals surface area (Å²) in [6, 6.07) is 17.9. The zero-order chi connectivity index (χ0) is 18.6. The van der Waals surface area contributed by atoms with Crippen LogP contribution in [0.2, 0.25) is 0 Å². The summed E-state index contributed by atoms with van der Waals surface area (Å²) in [4.78, 5) is 14.6. The lowest BCUT2D eigenvalue weighted by Crippen LogP contribution is -2.40. The molecule has 4 rings (SSSR count). The van der Waals surface area contributed by atoms with Crippen LogP contribution in [0, 0.1) is 6.92 Å². The van der Waals surface area contributed by atoms with Crippen LogP contribution in [0.1, 0.15) is 35.8 Å². The van der Waals surface area contributed by atoms with Gasteiger partial charge in [-0.2, -0.15) is 0 Å². The maximum atomic E-state index is 12.7. The molecular weight excluding hydrogens is 338 g/mol. The molecule has 2 heterocycles. The number of carbonyl (C=O) groups excluding carboxylic acids is 1. The van der Waals surface area contributed by atoms with Crippen molar-refractivity contribution in [3.05, 3.63) is 71.6 Å². The van der Waals surface area contributed by atoms with E-state index in [1.807, 2.05) is 66.4 Å². The van der Waals surface area contributed by atoms with Crippen LogP contribution in [0.15, 0.2) is 59.0 Å². The van der Waals surface area contributed by atoms with Crippen molar-refractivity contribution in [1.29, 1.82) is 0 Å². The topological polar surface area (TPSA) is 59.2 Å². The Morgan fingerprint density at radius 3 is 2.70 bits per heavy atom. The molecular formula is C22H23N3O2. The van der Waals surface area contributed by atoms with Gasteiger partial charge in [0.1, 0.15) is 0 Å². The summed E-state index contributed by atoms with van der Waals surface area (Å²) in [6.07, 6.45) is 2.35. The summed E-state index contributed by atoms with van der Waals surface area (Å²) >= 11 is 0. The van der Waals surface area contributed by atoms with E-state index in [1.54, 1.807) is 0 Å². The first-order valence-corrected chi connectivity index (χ1v) is 9.42. The van der Waals surface area contributed by atoms with Gasteiger partial charge in [-0.1, -0.05) is 48.5 Å².